The third-order valence-corrected chi connectivity index (χ3v) is 4.08. The lowest BCUT2D eigenvalue weighted by atomic mass is 9.77. The van der Waals surface area contributed by atoms with Gasteiger partial charge in [-0.1, -0.05) is 0 Å². The van der Waals surface area contributed by atoms with E-state index in [4.69, 9.17) is 0 Å². The maximum atomic E-state index is 12.0. The van der Waals surface area contributed by atoms with Gasteiger partial charge in [-0.05, 0) is 26.3 Å². The third kappa shape index (κ3) is 2.97. The molecule has 17 heavy (non-hydrogen) atoms. The summed E-state index contributed by atoms with van der Waals surface area (Å²) in [5.41, 5.74) is -0.164. The Morgan fingerprint density at radius 3 is 2.41 bits per heavy atom. The van der Waals surface area contributed by atoms with Gasteiger partial charge < -0.3 is 20.2 Å². The van der Waals surface area contributed by atoms with Gasteiger partial charge in [-0.25, -0.2) is 0 Å². The summed E-state index contributed by atoms with van der Waals surface area (Å²) in [6.07, 6.45) is 3.12. The Balaban J connectivity index is 1.73. The van der Waals surface area contributed by atoms with Crippen molar-refractivity contribution in [2.24, 2.45) is 0 Å². The first kappa shape index (κ1) is 12.8. The Hall–Kier alpha value is -0.650. The van der Waals surface area contributed by atoms with Gasteiger partial charge in [-0.15, -0.1) is 0 Å². The SMILES string of the molecule is CN1CCN(C(=O)CNC2(CO)CCC2)CC1. The summed E-state index contributed by atoms with van der Waals surface area (Å²) in [7, 11) is 2.08. The Kier molecular flexibility index (Phi) is 4.01. The Morgan fingerprint density at radius 1 is 1.29 bits per heavy atom. The Morgan fingerprint density at radius 2 is 1.94 bits per heavy atom. The molecule has 2 fully saturated rings. The summed E-state index contributed by atoms with van der Waals surface area (Å²) >= 11 is 0. The summed E-state index contributed by atoms with van der Waals surface area (Å²) in [5, 5.41) is 12.5. The summed E-state index contributed by atoms with van der Waals surface area (Å²) in [6, 6.07) is 0. The lowest BCUT2D eigenvalue weighted by Gasteiger charge is -2.42. The second-order valence-electron chi connectivity index (χ2n) is 5.33. The lowest BCUT2D eigenvalue weighted by Crippen LogP contribution is -2.57. The van der Waals surface area contributed by atoms with Gasteiger partial charge in [0.1, 0.15) is 0 Å². The molecule has 0 aromatic heterocycles. The van der Waals surface area contributed by atoms with Crippen molar-refractivity contribution in [3.05, 3.63) is 0 Å². The quantitative estimate of drug-likeness (QED) is 0.681. The van der Waals surface area contributed by atoms with Gasteiger partial charge >= 0.3 is 0 Å². The van der Waals surface area contributed by atoms with Crippen molar-refractivity contribution in [3.8, 4) is 0 Å². The zero-order chi connectivity index (χ0) is 12.3. The van der Waals surface area contributed by atoms with E-state index in [1.165, 1.54) is 0 Å². The molecule has 98 valence electrons. The summed E-state index contributed by atoms with van der Waals surface area (Å²) < 4.78 is 0. The smallest absolute Gasteiger partial charge is 0.236 e. The standard InChI is InChI=1S/C12H23N3O2/c1-14-5-7-15(8-6-14)11(17)9-13-12(10-16)3-2-4-12/h13,16H,2-10H2,1H3. The predicted octanol–water partition coefficient (Wildman–Crippen LogP) is -0.735. The number of aliphatic hydroxyl groups excluding tert-OH is 1. The number of nitrogens with zero attached hydrogens (tertiary/aromatic N) is 2. The predicted molar refractivity (Wildman–Crippen MR) is 65.7 cm³/mol. The fourth-order valence-electron chi connectivity index (χ4n) is 2.43. The largest absolute Gasteiger partial charge is 0.394 e. The van der Waals surface area contributed by atoms with Gasteiger partial charge in [0.2, 0.25) is 5.91 Å². The Bertz CT molecular complexity index is 265. The first-order chi connectivity index (χ1) is 8.15. The van der Waals surface area contributed by atoms with Crippen LogP contribution in [-0.2, 0) is 4.79 Å². The molecular formula is C12H23N3O2. The minimum absolute atomic E-state index is 0.142. The number of hydrogen-bond acceptors (Lipinski definition) is 4. The first-order valence-electron chi connectivity index (χ1n) is 6.47. The fraction of sp³-hybridized carbons (Fsp3) is 0.917. The number of likely N-dealkylation sites (N-methyl/N-ethyl adjacent to an activating group) is 1. The number of carbonyl (C=O) groups excluding carboxylic acids is 1. The van der Waals surface area contributed by atoms with Gasteiger partial charge in [0.25, 0.3) is 0 Å². The number of nitrogens with one attached hydrogen (secondary N) is 1. The second kappa shape index (κ2) is 5.33. The van der Waals surface area contributed by atoms with Crippen molar-refractivity contribution in [2.45, 2.75) is 24.8 Å². The second-order valence-corrected chi connectivity index (χ2v) is 5.33. The molecule has 2 aliphatic rings. The van der Waals surface area contributed by atoms with Gasteiger partial charge in [-0.3, -0.25) is 4.79 Å². The number of amides is 1. The molecule has 1 saturated heterocycles. The van der Waals surface area contributed by atoms with Crippen LogP contribution in [0.4, 0.5) is 0 Å². The van der Waals surface area contributed by atoms with Crippen LogP contribution in [0.1, 0.15) is 19.3 Å². The van der Waals surface area contributed by atoms with Crippen LogP contribution in [0.3, 0.4) is 0 Å². The first-order valence-corrected chi connectivity index (χ1v) is 6.47. The number of rotatable bonds is 4. The molecule has 1 heterocycles. The van der Waals surface area contributed by atoms with Crippen molar-refractivity contribution in [1.29, 1.82) is 0 Å². The Labute approximate surface area is 103 Å². The molecule has 5 heteroatoms. The molecule has 0 atom stereocenters. The zero-order valence-electron chi connectivity index (χ0n) is 10.6. The zero-order valence-corrected chi connectivity index (χ0v) is 10.6. The molecule has 0 bridgehead atoms. The van der Waals surface area contributed by atoms with Crippen LogP contribution < -0.4 is 5.32 Å². The van der Waals surface area contributed by atoms with Gasteiger partial charge in [0, 0.05) is 31.7 Å². The summed E-state index contributed by atoms with van der Waals surface area (Å²) in [4.78, 5) is 16.1. The summed E-state index contributed by atoms with van der Waals surface area (Å²) in [5.74, 6) is 0.165. The topological polar surface area (TPSA) is 55.8 Å². The van der Waals surface area contributed by atoms with Crippen LogP contribution >= 0.6 is 0 Å². The molecule has 0 radical (unpaired) electrons. The highest BCUT2D eigenvalue weighted by atomic mass is 16.3. The monoisotopic (exact) mass is 241 g/mol. The minimum Gasteiger partial charge on any atom is -0.394 e. The highest BCUT2D eigenvalue weighted by Gasteiger charge is 2.36. The molecule has 1 aliphatic heterocycles. The molecule has 5 nitrogen and oxygen atoms in total. The maximum Gasteiger partial charge on any atom is 0.236 e. The fourth-order valence-corrected chi connectivity index (χ4v) is 2.43. The van der Waals surface area contributed by atoms with E-state index in [9.17, 15) is 9.90 Å². The van der Waals surface area contributed by atoms with Crippen molar-refractivity contribution < 1.29 is 9.90 Å². The number of aliphatic hydroxyl groups is 1. The average Bonchev–Trinajstić information content (AvgIpc) is 2.29. The third-order valence-electron chi connectivity index (χ3n) is 4.08. The molecule has 2 N–H and O–H groups in total. The van der Waals surface area contributed by atoms with Gasteiger partial charge in [0.15, 0.2) is 0 Å². The van der Waals surface area contributed by atoms with E-state index in [-0.39, 0.29) is 18.1 Å². The van der Waals surface area contributed by atoms with Crippen LogP contribution in [0.5, 0.6) is 0 Å². The normalized spacial score (nSPS) is 24.5. The molecule has 0 aromatic rings. The van der Waals surface area contributed by atoms with Crippen LogP contribution in [0.2, 0.25) is 0 Å². The highest BCUT2D eigenvalue weighted by Crippen LogP contribution is 2.30. The van der Waals surface area contributed by atoms with Crippen molar-refractivity contribution in [2.75, 3.05) is 46.4 Å². The molecule has 0 unspecified atom stereocenters. The number of piperazine rings is 1. The highest BCUT2D eigenvalue weighted by molar-refractivity contribution is 5.78. The molecule has 0 spiro atoms. The summed E-state index contributed by atoms with van der Waals surface area (Å²) in [6.45, 7) is 4.06. The van der Waals surface area contributed by atoms with Gasteiger partial charge in [-0.2, -0.15) is 0 Å². The minimum atomic E-state index is -0.164. The van der Waals surface area contributed by atoms with E-state index in [0.29, 0.717) is 6.54 Å². The van der Waals surface area contributed by atoms with Crippen molar-refractivity contribution >= 4 is 5.91 Å². The molecule has 1 saturated carbocycles. The van der Waals surface area contributed by atoms with E-state index in [1.54, 1.807) is 0 Å². The van der Waals surface area contributed by atoms with Crippen LogP contribution in [0, 0.1) is 0 Å². The molecule has 2 rings (SSSR count). The average molecular weight is 241 g/mol. The number of hydrogen-bond donors (Lipinski definition) is 2. The molecular weight excluding hydrogens is 218 g/mol. The van der Waals surface area contributed by atoms with E-state index in [2.05, 4.69) is 17.3 Å². The van der Waals surface area contributed by atoms with Crippen LogP contribution in [0.25, 0.3) is 0 Å². The van der Waals surface area contributed by atoms with Crippen molar-refractivity contribution in [1.82, 2.24) is 15.1 Å². The van der Waals surface area contributed by atoms with Crippen LogP contribution in [-0.4, -0.2) is 72.7 Å². The van der Waals surface area contributed by atoms with Gasteiger partial charge in [0.05, 0.1) is 13.2 Å². The molecule has 1 aliphatic carbocycles. The van der Waals surface area contributed by atoms with E-state index in [1.807, 2.05) is 4.90 Å². The molecule has 1 amide bonds. The lowest BCUT2D eigenvalue weighted by molar-refractivity contribution is -0.132. The number of carbonyl (C=O) groups is 1. The molecule has 0 aromatic carbocycles. The van der Waals surface area contributed by atoms with E-state index in [0.717, 1.165) is 45.4 Å². The van der Waals surface area contributed by atoms with Crippen molar-refractivity contribution in [3.63, 3.8) is 0 Å². The van der Waals surface area contributed by atoms with E-state index < -0.39 is 0 Å². The van der Waals surface area contributed by atoms with E-state index >= 15 is 0 Å². The maximum absolute atomic E-state index is 12.0. The van der Waals surface area contributed by atoms with Crippen LogP contribution in [0.15, 0.2) is 0 Å².